The first-order valence-corrected chi connectivity index (χ1v) is 6.41. The van der Waals surface area contributed by atoms with Crippen molar-refractivity contribution in [1.29, 1.82) is 0 Å². The molecule has 0 bridgehead atoms. The molecule has 0 aromatic carbocycles. The molecule has 0 saturated carbocycles. The van der Waals surface area contributed by atoms with Crippen molar-refractivity contribution in [2.24, 2.45) is 0 Å². The van der Waals surface area contributed by atoms with Gasteiger partial charge in [-0.25, -0.2) is 0 Å². The molecular weight excluding hydrogens is 312 g/mol. The maximum atomic E-state index is 11.8. The summed E-state index contributed by atoms with van der Waals surface area (Å²) in [6.45, 7) is 7.87. The number of carbonyl (C=O) groups is 2. The van der Waals surface area contributed by atoms with Gasteiger partial charge in [0.1, 0.15) is 0 Å². The average Bonchev–Trinajstić information content (AvgIpc) is 2.82. The fourth-order valence-electron chi connectivity index (χ4n) is 1.38. The van der Waals surface area contributed by atoms with E-state index in [-0.39, 0.29) is 18.2 Å². The Morgan fingerprint density at radius 2 is 1.95 bits per heavy atom. The molecule has 5 nitrogen and oxygen atoms in total. The minimum absolute atomic E-state index is 0.0984. The van der Waals surface area contributed by atoms with Crippen molar-refractivity contribution in [1.82, 2.24) is 10.2 Å². The molecule has 0 aliphatic rings. The van der Waals surface area contributed by atoms with Crippen LogP contribution in [0.4, 0.5) is 0 Å². The number of hydrogen-bond donors (Lipinski definition) is 1. The number of rotatable bonds is 7. The lowest BCUT2D eigenvalue weighted by atomic mass is 10.4. The van der Waals surface area contributed by atoms with E-state index in [2.05, 4.69) is 34.4 Å². The van der Waals surface area contributed by atoms with Gasteiger partial charge in [-0.1, -0.05) is 12.2 Å². The maximum Gasteiger partial charge on any atom is 0.287 e. The average molecular weight is 327 g/mol. The molecule has 2 amide bonds. The SMILES string of the molecule is C=CCN(CC=C)C(=O)CNC(=O)c1ccc(Br)o1. The molecule has 1 heterocycles. The fourth-order valence-corrected chi connectivity index (χ4v) is 1.69. The van der Waals surface area contributed by atoms with Gasteiger partial charge in [-0.05, 0) is 28.1 Å². The number of furan rings is 1. The first kappa shape index (κ1) is 15.2. The van der Waals surface area contributed by atoms with Gasteiger partial charge in [-0.15, -0.1) is 13.2 Å². The number of amides is 2. The van der Waals surface area contributed by atoms with Crippen LogP contribution in [0.1, 0.15) is 10.6 Å². The van der Waals surface area contributed by atoms with Gasteiger partial charge in [0.25, 0.3) is 5.91 Å². The number of hydrogen-bond acceptors (Lipinski definition) is 3. The predicted molar refractivity (Wildman–Crippen MR) is 75.7 cm³/mol. The zero-order chi connectivity index (χ0) is 14.3. The van der Waals surface area contributed by atoms with Crippen molar-refractivity contribution in [2.75, 3.05) is 19.6 Å². The lowest BCUT2D eigenvalue weighted by Crippen LogP contribution is -2.40. The Bertz CT molecular complexity index is 472. The standard InChI is InChI=1S/C13H15BrN2O3/c1-3-7-16(8-4-2)12(17)9-15-13(18)10-5-6-11(14)19-10/h3-6H,1-2,7-9H2,(H,15,18). The van der Waals surface area contributed by atoms with Gasteiger partial charge in [0.15, 0.2) is 10.4 Å². The van der Waals surface area contributed by atoms with E-state index in [9.17, 15) is 9.59 Å². The largest absolute Gasteiger partial charge is 0.444 e. The topological polar surface area (TPSA) is 62.6 Å². The Morgan fingerprint density at radius 1 is 1.32 bits per heavy atom. The third kappa shape index (κ3) is 4.75. The number of nitrogens with zero attached hydrogens (tertiary/aromatic N) is 1. The second-order valence-electron chi connectivity index (χ2n) is 3.66. The second kappa shape index (κ2) is 7.58. The van der Waals surface area contributed by atoms with Crippen LogP contribution in [0.3, 0.4) is 0 Å². The fraction of sp³-hybridized carbons (Fsp3) is 0.231. The van der Waals surface area contributed by atoms with Crippen molar-refractivity contribution in [3.05, 3.63) is 47.9 Å². The maximum absolute atomic E-state index is 11.8. The Balaban J connectivity index is 2.50. The van der Waals surface area contributed by atoms with Crippen LogP contribution < -0.4 is 5.32 Å². The lowest BCUT2D eigenvalue weighted by molar-refractivity contribution is -0.129. The monoisotopic (exact) mass is 326 g/mol. The summed E-state index contributed by atoms with van der Waals surface area (Å²) in [4.78, 5) is 25.0. The van der Waals surface area contributed by atoms with E-state index in [0.717, 1.165) is 0 Å². The summed E-state index contributed by atoms with van der Waals surface area (Å²) < 4.78 is 5.54. The molecule has 0 fully saturated rings. The zero-order valence-corrected chi connectivity index (χ0v) is 12.0. The van der Waals surface area contributed by atoms with Gasteiger partial charge in [-0.3, -0.25) is 9.59 Å². The summed E-state index contributed by atoms with van der Waals surface area (Å²) in [7, 11) is 0. The predicted octanol–water partition coefficient (Wildman–Crippen LogP) is 1.97. The summed E-state index contributed by atoms with van der Waals surface area (Å²) in [5, 5.41) is 2.50. The van der Waals surface area contributed by atoms with Crippen molar-refractivity contribution in [3.63, 3.8) is 0 Å². The van der Waals surface area contributed by atoms with E-state index in [1.807, 2.05) is 0 Å². The molecule has 102 valence electrons. The first-order valence-electron chi connectivity index (χ1n) is 5.61. The summed E-state index contributed by atoms with van der Waals surface area (Å²) in [5.41, 5.74) is 0. The summed E-state index contributed by atoms with van der Waals surface area (Å²) >= 11 is 3.10. The number of carbonyl (C=O) groups excluding carboxylic acids is 2. The van der Waals surface area contributed by atoms with Crippen molar-refractivity contribution < 1.29 is 14.0 Å². The third-order valence-electron chi connectivity index (χ3n) is 2.25. The highest BCUT2D eigenvalue weighted by molar-refractivity contribution is 9.10. The van der Waals surface area contributed by atoms with Crippen LogP contribution in [0.15, 0.2) is 46.5 Å². The van der Waals surface area contributed by atoms with Crippen LogP contribution in [0.2, 0.25) is 0 Å². The van der Waals surface area contributed by atoms with Gasteiger partial charge < -0.3 is 14.6 Å². The zero-order valence-electron chi connectivity index (χ0n) is 10.4. The van der Waals surface area contributed by atoms with E-state index in [1.165, 1.54) is 11.0 Å². The van der Waals surface area contributed by atoms with Crippen LogP contribution >= 0.6 is 15.9 Å². The van der Waals surface area contributed by atoms with Crippen molar-refractivity contribution >= 4 is 27.7 Å². The molecule has 0 unspecified atom stereocenters. The van der Waals surface area contributed by atoms with E-state index in [4.69, 9.17) is 4.42 Å². The first-order chi connectivity index (χ1) is 9.08. The van der Waals surface area contributed by atoms with Crippen LogP contribution in [0.5, 0.6) is 0 Å². The molecule has 0 spiro atoms. The van der Waals surface area contributed by atoms with Crippen molar-refractivity contribution in [3.8, 4) is 0 Å². The smallest absolute Gasteiger partial charge is 0.287 e. The highest BCUT2D eigenvalue weighted by atomic mass is 79.9. The molecule has 0 aliphatic heterocycles. The summed E-state index contributed by atoms with van der Waals surface area (Å²) in [6, 6.07) is 3.13. The minimum atomic E-state index is -0.434. The van der Waals surface area contributed by atoms with Gasteiger partial charge in [-0.2, -0.15) is 0 Å². The van der Waals surface area contributed by atoms with Crippen LogP contribution in [0.25, 0.3) is 0 Å². The van der Waals surface area contributed by atoms with Gasteiger partial charge in [0.05, 0.1) is 6.54 Å². The molecule has 0 saturated heterocycles. The van der Waals surface area contributed by atoms with Crippen molar-refractivity contribution in [2.45, 2.75) is 0 Å². The minimum Gasteiger partial charge on any atom is -0.444 e. The molecule has 1 N–H and O–H groups in total. The van der Waals surface area contributed by atoms with Crippen LogP contribution in [-0.4, -0.2) is 36.3 Å². The molecular formula is C13H15BrN2O3. The molecule has 1 rings (SSSR count). The van der Waals surface area contributed by atoms with Gasteiger partial charge in [0, 0.05) is 13.1 Å². The third-order valence-corrected chi connectivity index (χ3v) is 2.68. The number of halogens is 1. The molecule has 19 heavy (non-hydrogen) atoms. The van der Waals surface area contributed by atoms with E-state index >= 15 is 0 Å². The molecule has 1 aromatic heterocycles. The van der Waals surface area contributed by atoms with Crippen LogP contribution in [0, 0.1) is 0 Å². The number of nitrogens with one attached hydrogen (secondary N) is 1. The summed E-state index contributed by atoms with van der Waals surface area (Å²) in [6.07, 6.45) is 3.24. The normalized spacial score (nSPS) is 9.74. The Morgan fingerprint density at radius 3 is 2.42 bits per heavy atom. The molecule has 0 aliphatic carbocycles. The Kier molecular flexibility index (Phi) is 6.08. The van der Waals surface area contributed by atoms with Gasteiger partial charge in [0.2, 0.25) is 5.91 Å². The van der Waals surface area contributed by atoms with E-state index < -0.39 is 5.91 Å². The van der Waals surface area contributed by atoms with E-state index in [1.54, 1.807) is 18.2 Å². The van der Waals surface area contributed by atoms with Crippen LogP contribution in [-0.2, 0) is 4.79 Å². The van der Waals surface area contributed by atoms with Gasteiger partial charge >= 0.3 is 0 Å². The molecule has 1 aromatic rings. The summed E-state index contributed by atoms with van der Waals surface area (Å²) in [5.74, 6) is -0.492. The Hall–Kier alpha value is -1.82. The lowest BCUT2D eigenvalue weighted by Gasteiger charge is -2.19. The molecule has 0 radical (unpaired) electrons. The molecule has 0 atom stereocenters. The quantitative estimate of drug-likeness (QED) is 0.779. The highest BCUT2D eigenvalue weighted by Crippen LogP contribution is 2.13. The molecule has 6 heteroatoms. The second-order valence-corrected chi connectivity index (χ2v) is 4.44. The van der Waals surface area contributed by atoms with E-state index in [0.29, 0.717) is 17.8 Å². The Labute approximate surface area is 120 Å². The highest BCUT2D eigenvalue weighted by Gasteiger charge is 2.14.